The van der Waals surface area contributed by atoms with Crippen molar-refractivity contribution in [3.05, 3.63) is 64.9 Å². The highest BCUT2D eigenvalue weighted by molar-refractivity contribution is 6.29. The van der Waals surface area contributed by atoms with E-state index in [9.17, 15) is 9.59 Å². The molecule has 2 amide bonds. The van der Waals surface area contributed by atoms with Gasteiger partial charge in [0, 0.05) is 44.9 Å². The van der Waals surface area contributed by atoms with Crippen LogP contribution in [0.3, 0.4) is 0 Å². The molecule has 28 heavy (non-hydrogen) atoms. The summed E-state index contributed by atoms with van der Waals surface area (Å²) in [5.74, 6) is 0.661. The number of amides is 2. The molecule has 0 spiro atoms. The molecule has 6 heteroatoms. The van der Waals surface area contributed by atoms with Gasteiger partial charge in [-0.1, -0.05) is 41.9 Å². The molecule has 1 aromatic carbocycles. The summed E-state index contributed by atoms with van der Waals surface area (Å²) in [6.45, 7) is 2.08. The van der Waals surface area contributed by atoms with Gasteiger partial charge in [-0.05, 0) is 42.9 Å². The largest absolute Gasteiger partial charge is 0.341 e. The molecule has 148 valence electrons. The van der Waals surface area contributed by atoms with Crippen LogP contribution in [0.4, 0.5) is 0 Å². The van der Waals surface area contributed by atoms with Crippen LogP contribution in [0.1, 0.15) is 41.6 Å². The van der Waals surface area contributed by atoms with E-state index in [1.807, 2.05) is 42.3 Å². The van der Waals surface area contributed by atoms with E-state index in [2.05, 4.69) is 4.98 Å². The Hall–Kier alpha value is -2.40. The minimum atomic E-state index is 0.00132. The fourth-order valence-electron chi connectivity index (χ4n) is 3.61. The predicted octanol–water partition coefficient (Wildman–Crippen LogP) is 4.03. The zero-order chi connectivity index (χ0) is 19.9. The van der Waals surface area contributed by atoms with Gasteiger partial charge in [0.25, 0.3) is 5.91 Å². The van der Waals surface area contributed by atoms with Crippen molar-refractivity contribution in [1.29, 1.82) is 0 Å². The minimum absolute atomic E-state index is 0.00132. The van der Waals surface area contributed by atoms with Gasteiger partial charge in [-0.2, -0.15) is 0 Å². The molecule has 0 saturated carbocycles. The zero-order valence-electron chi connectivity index (χ0n) is 16.2. The summed E-state index contributed by atoms with van der Waals surface area (Å²) in [5, 5.41) is 0.332. The van der Waals surface area contributed by atoms with Gasteiger partial charge in [-0.15, -0.1) is 0 Å². The second-order valence-electron chi connectivity index (χ2n) is 7.38. The molecular formula is C22H26ClN3O2. The number of halogens is 1. The Labute approximate surface area is 171 Å². The van der Waals surface area contributed by atoms with Crippen molar-refractivity contribution in [2.75, 3.05) is 20.1 Å². The molecule has 5 nitrogen and oxygen atoms in total. The lowest BCUT2D eigenvalue weighted by atomic mass is 9.91. The summed E-state index contributed by atoms with van der Waals surface area (Å²) in [7, 11) is 1.86. The summed E-state index contributed by atoms with van der Waals surface area (Å²) >= 11 is 5.88. The molecular weight excluding hydrogens is 374 g/mol. The number of nitrogens with zero attached hydrogens (tertiary/aromatic N) is 3. The Morgan fingerprint density at radius 3 is 2.57 bits per heavy atom. The number of hydrogen-bond acceptors (Lipinski definition) is 3. The number of hydrogen-bond donors (Lipinski definition) is 0. The molecule has 2 heterocycles. The monoisotopic (exact) mass is 399 g/mol. The van der Waals surface area contributed by atoms with Gasteiger partial charge in [0.15, 0.2) is 0 Å². The molecule has 0 N–H and O–H groups in total. The molecule has 1 fully saturated rings. The lowest BCUT2D eigenvalue weighted by molar-refractivity contribution is -0.130. The average Bonchev–Trinajstić information content (AvgIpc) is 2.72. The van der Waals surface area contributed by atoms with Crippen molar-refractivity contribution in [3.63, 3.8) is 0 Å². The van der Waals surface area contributed by atoms with Crippen LogP contribution in [0.5, 0.6) is 0 Å². The Morgan fingerprint density at radius 2 is 1.89 bits per heavy atom. The molecule has 0 unspecified atom stereocenters. The zero-order valence-corrected chi connectivity index (χ0v) is 16.9. The molecule has 1 saturated heterocycles. The van der Waals surface area contributed by atoms with E-state index >= 15 is 0 Å². The van der Waals surface area contributed by atoms with E-state index in [1.165, 1.54) is 0 Å². The second-order valence-corrected chi connectivity index (χ2v) is 7.76. The number of benzene rings is 1. The first-order chi connectivity index (χ1) is 13.5. The third-order valence-electron chi connectivity index (χ3n) is 5.33. The van der Waals surface area contributed by atoms with Crippen LogP contribution in [0, 0.1) is 5.92 Å². The quantitative estimate of drug-likeness (QED) is 0.689. The highest BCUT2D eigenvalue weighted by Gasteiger charge is 2.24. The Morgan fingerprint density at radius 1 is 1.18 bits per heavy atom. The lowest BCUT2D eigenvalue weighted by Gasteiger charge is -2.32. The number of aromatic nitrogens is 1. The van der Waals surface area contributed by atoms with Crippen LogP contribution in [-0.2, 0) is 11.3 Å². The fraction of sp³-hybridized carbons (Fsp3) is 0.409. The van der Waals surface area contributed by atoms with Crippen LogP contribution < -0.4 is 0 Å². The molecule has 0 radical (unpaired) electrons. The van der Waals surface area contributed by atoms with Crippen molar-refractivity contribution in [2.24, 2.45) is 5.92 Å². The smallest absolute Gasteiger partial charge is 0.254 e. The van der Waals surface area contributed by atoms with Crippen molar-refractivity contribution in [3.8, 4) is 0 Å². The molecule has 1 aromatic heterocycles. The number of carbonyl (C=O) groups excluding carboxylic acids is 2. The lowest BCUT2D eigenvalue weighted by Crippen LogP contribution is -2.38. The normalized spacial score (nSPS) is 14.7. The van der Waals surface area contributed by atoms with Crippen LogP contribution in [0.25, 0.3) is 0 Å². The summed E-state index contributed by atoms with van der Waals surface area (Å²) in [4.78, 5) is 32.6. The Balaban J connectivity index is 1.41. The Kier molecular flexibility index (Phi) is 7.04. The fourth-order valence-corrected chi connectivity index (χ4v) is 3.78. The third kappa shape index (κ3) is 5.55. The first-order valence-corrected chi connectivity index (χ1v) is 10.1. The van der Waals surface area contributed by atoms with Gasteiger partial charge in [-0.3, -0.25) is 9.59 Å². The van der Waals surface area contributed by atoms with E-state index in [4.69, 9.17) is 11.6 Å². The van der Waals surface area contributed by atoms with Gasteiger partial charge in [0.1, 0.15) is 5.15 Å². The maximum Gasteiger partial charge on any atom is 0.254 e. The Bertz CT molecular complexity index is 804. The van der Waals surface area contributed by atoms with Crippen molar-refractivity contribution >= 4 is 23.4 Å². The van der Waals surface area contributed by atoms with Gasteiger partial charge in [-0.25, -0.2) is 4.98 Å². The van der Waals surface area contributed by atoms with Crippen molar-refractivity contribution in [2.45, 2.75) is 32.2 Å². The first-order valence-electron chi connectivity index (χ1n) is 9.71. The van der Waals surface area contributed by atoms with E-state index in [0.29, 0.717) is 29.6 Å². The molecule has 1 aliphatic heterocycles. The molecule has 0 bridgehead atoms. The van der Waals surface area contributed by atoms with Crippen LogP contribution in [0.15, 0.2) is 48.7 Å². The SMILES string of the molecule is CN(Cc1ccccc1)C(=O)CCC1CCN(C(=O)c2ccnc(Cl)c2)CC1. The van der Waals surface area contributed by atoms with Gasteiger partial charge >= 0.3 is 0 Å². The number of pyridine rings is 1. The van der Waals surface area contributed by atoms with E-state index in [1.54, 1.807) is 23.2 Å². The van der Waals surface area contributed by atoms with Crippen LogP contribution in [0.2, 0.25) is 5.15 Å². The topological polar surface area (TPSA) is 53.5 Å². The molecule has 0 atom stereocenters. The highest BCUT2D eigenvalue weighted by Crippen LogP contribution is 2.24. The number of rotatable bonds is 6. The van der Waals surface area contributed by atoms with Crippen LogP contribution >= 0.6 is 11.6 Å². The summed E-state index contributed by atoms with van der Waals surface area (Å²) in [6.07, 6.45) is 4.85. The summed E-state index contributed by atoms with van der Waals surface area (Å²) < 4.78 is 0. The average molecular weight is 400 g/mol. The predicted molar refractivity (Wildman–Crippen MR) is 110 cm³/mol. The maximum absolute atomic E-state index is 12.6. The van der Waals surface area contributed by atoms with Gasteiger partial charge in [0.05, 0.1) is 0 Å². The van der Waals surface area contributed by atoms with Crippen LogP contribution in [-0.4, -0.2) is 46.7 Å². The molecule has 1 aliphatic rings. The van der Waals surface area contributed by atoms with Gasteiger partial charge < -0.3 is 9.80 Å². The van der Waals surface area contributed by atoms with Gasteiger partial charge in [0.2, 0.25) is 5.91 Å². The van der Waals surface area contributed by atoms with E-state index in [0.717, 1.165) is 37.9 Å². The first kappa shape index (κ1) is 20.3. The number of carbonyl (C=O) groups is 2. The third-order valence-corrected chi connectivity index (χ3v) is 5.54. The van der Waals surface area contributed by atoms with Crippen molar-refractivity contribution < 1.29 is 9.59 Å². The number of piperidine rings is 1. The molecule has 0 aliphatic carbocycles. The molecule has 3 rings (SSSR count). The minimum Gasteiger partial charge on any atom is -0.341 e. The second kappa shape index (κ2) is 9.69. The number of likely N-dealkylation sites (tertiary alicyclic amines) is 1. The maximum atomic E-state index is 12.6. The highest BCUT2D eigenvalue weighted by atomic mass is 35.5. The summed E-state index contributed by atoms with van der Waals surface area (Å²) in [5.41, 5.74) is 1.72. The molecule has 2 aromatic rings. The standard InChI is InChI=1S/C22H26ClN3O2/c1-25(16-18-5-3-2-4-6-18)21(27)8-7-17-10-13-26(14-11-17)22(28)19-9-12-24-20(23)15-19/h2-6,9,12,15,17H,7-8,10-11,13-14,16H2,1H3. The van der Waals surface area contributed by atoms with Crippen molar-refractivity contribution in [1.82, 2.24) is 14.8 Å². The summed E-state index contributed by atoms with van der Waals surface area (Å²) in [6, 6.07) is 13.3. The van der Waals surface area contributed by atoms with E-state index < -0.39 is 0 Å². The van der Waals surface area contributed by atoms with E-state index in [-0.39, 0.29) is 11.8 Å².